The van der Waals surface area contributed by atoms with Crippen molar-refractivity contribution in [2.45, 2.75) is 13.5 Å². The van der Waals surface area contributed by atoms with E-state index in [4.69, 9.17) is 17.3 Å². The zero-order valence-electron chi connectivity index (χ0n) is 9.37. The van der Waals surface area contributed by atoms with E-state index in [0.29, 0.717) is 6.54 Å². The first-order valence-electron chi connectivity index (χ1n) is 5.11. The summed E-state index contributed by atoms with van der Waals surface area (Å²) in [5.41, 5.74) is 9.77. The minimum absolute atomic E-state index is 0.506. The van der Waals surface area contributed by atoms with Crippen LogP contribution in [-0.4, -0.2) is 9.78 Å². The first kappa shape index (κ1) is 11.2. The topological polar surface area (TPSA) is 43.8 Å². The molecule has 2 N–H and O–H groups in total. The van der Waals surface area contributed by atoms with Gasteiger partial charge in [0.2, 0.25) is 0 Å². The van der Waals surface area contributed by atoms with E-state index in [1.807, 2.05) is 43.0 Å². The standard InChI is InChI=1S/C12H14ClN3/c1-8-11(7-15-16(8)2)10-4-3-9(6-14)5-12(10)13/h3-5,7H,6,14H2,1-2H3. The van der Waals surface area contributed by atoms with Gasteiger partial charge in [0.25, 0.3) is 0 Å². The fraction of sp³-hybridized carbons (Fsp3) is 0.250. The number of benzene rings is 1. The summed E-state index contributed by atoms with van der Waals surface area (Å²) >= 11 is 6.23. The molecule has 0 aliphatic heterocycles. The van der Waals surface area contributed by atoms with E-state index in [0.717, 1.165) is 27.4 Å². The van der Waals surface area contributed by atoms with Crippen molar-refractivity contribution in [2.75, 3.05) is 0 Å². The van der Waals surface area contributed by atoms with Crippen molar-refractivity contribution in [2.24, 2.45) is 12.8 Å². The van der Waals surface area contributed by atoms with Gasteiger partial charge in [-0.25, -0.2) is 0 Å². The second kappa shape index (κ2) is 4.28. The van der Waals surface area contributed by atoms with E-state index < -0.39 is 0 Å². The predicted molar refractivity (Wildman–Crippen MR) is 66.3 cm³/mol. The molecule has 0 amide bonds. The molecule has 16 heavy (non-hydrogen) atoms. The number of rotatable bonds is 2. The normalized spacial score (nSPS) is 10.8. The van der Waals surface area contributed by atoms with E-state index in [1.54, 1.807) is 0 Å². The van der Waals surface area contributed by atoms with Crippen molar-refractivity contribution >= 4 is 11.6 Å². The zero-order chi connectivity index (χ0) is 11.7. The third-order valence-electron chi connectivity index (χ3n) is 2.79. The summed E-state index contributed by atoms with van der Waals surface area (Å²) in [7, 11) is 1.92. The van der Waals surface area contributed by atoms with Crippen molar-refractivity contribution < 1.29 is 0 Å². The van der Waals surface area contributed by atoms with Gasteiger partial charge in [-0.05, 0) is 18.6 Å². The molecule has 2 rings (SSSR count). The van der Waals surface area contributed by atoms with Crippen LogP contribution in [0.1, 0.15) is 11.3 Å². The first-order chi connectivity index (χ1) is 7.63. The maximum absolute atomic E-state index is 6.23. The Balaban J connectivity index is 2.52. The summed E-state index contributed by atoms with van der Waals surface area (Å²) in [4.78, 5) is 0. The number of aromatic nitrogens is 2. The van der Waals surface area contributed by atoms with Crippen LogP contribution >= 0.6 is 11.6 Å². The Bertz CT molecular complexity index is 517. The van der Waals surface area contributed by atoms with Crippen molar-refractivity contribution in [1.29, 1.82) is 0 Å². The number of aryl methyl sites for hydroxylation is 1. The minimum Gasteiger partial charge on any atom is -0.326 e. The van der Waals surface area contributed by atoms with E-state index in [1.165, 1.54) is 0 Å². The first-order valence-corrected chi connectivity index (χ1v) is 5.48. The molecule has 0 aliphatic rings. The van der Waals surface area contributed by atoms with Gasteiger partial charge in [-0.15, -0.1) is 0 Å². The molecule has 0 saturated heterocycles. The van der Waals surface area contributed by atoms with Gasteiger partial charge in [0.1, 0.15) is 0 Å². The molecule has 2 aromatic rings. The summed E-state index contributed by atoms with van der Waals surface area (Å²) in [6.07, 6.45) is 1.83. The van der Waals surface area contributed by atoms with Crippen LogP contribution in [-0.2, 0) is 13.6 Å². The molecule has 0 unspecified atom stereocenters. The highest BCUT2D eigenvalue weighted by Gasteiger charge is 2.10. The third kappa shape index (κ3) is 1.84. The number of hydrogen-bond donors (Lipinski definition) is 1. The van der Waals surface area contributed by atoms with Gasteiger partial charge in [-0.3, -0.25) is 4.68 Å². The molecule has 0 spiro atoms. The molecule has 4 heteroatoms. The molecule has 1 aromatic heterocycles. The average Bonchev–Trinajstić information content (AvgIpc) is 2.60. The summed E-state index contributed by atoms with van der Waals surface area (Å²) in [6.45, 7) is 2.53. The van der Waals surface area contributed by atoms with E-state index >= 15 is 0 Å². The van der Waals surface area contributed by atoms with Crippen molar-refractivity contribution in [1.82, 2.24) is 9.78 Å². The van der Waals surface area contributed by atoms with Gasteiger partial charge in [-0.2, -0.15) is 5.10 Å². The molecule has 0 bridgehead atoms. The number of hydrogen-bond acceptors (Lipinski definition) is 2. The molecular weight excluding hydrogens is 222 g/mol. The van der Waals surface area contributed by atoms with Crippen LogP contribution in [0.25, 0.3) is 11.1 Å². The molecule has 3 nitrogen and oxygen atoms in total. The fourth-order valence-corrected chi connectivity index (χ4v) is 1.97. The van der Waals surface area contributed by atoms with Gasteiger partial charge < -0.3 is 5.73 Å². The molecule has 0 aliphatic carbocycles. The van der Waals surface area contributed by atoms with Crippen LogP contribution in [0.5, 0.6) is 0 Å². The largest absolute Gasteiger partial charge is 0.326 e. The highest BCUT2D eigenvalue weighted by molar-refractivity contribution is 6.33. The molecule has 0 radical (unpaired) electrons. The maximum atomic E-state index is 6.23. The van der Waals surface area contributed by atoms with E-state index in [2.05, 4.69) is 5.10 Å². The monoisotopic (exact) mass is 235 g/mol. The van der Waals surface area contributed by atoms with Crippen LogP contribution in [0.2, 0.25) is 5.02 Å². The molecule has 0 atom stereocenters. The average molecular weight is 236 g/mol. The Labute approximate surface area is 99.8 Å². The van der Waals surface area contributed by atoms with Crippen LogP contribution < -0.4 is 5.73 Å². The smallest absolute Gasteiger partial charge is 0.0571 e. The highest BCUT2D eigenvalue weighted by Crippen LogP contribution is 2.30. The predicted octanol–water partition coefficient (Wildman–Crippen LogP) is 2.51. The Kier molecular flexibility index (Phi) is 2.99. The van der Waals surface area contributed by atoms with Crippen LogP contribution in [0.4, 0.5) is 0 Å². The van der Waals surface area contributed by atoms with Crippen LogP contribution in [0, 0.1) is 6.92 Å². The van der Waals surface area contributed by atoms with Gasteiger partial charge in [0, 0.05) is 35.4 Å². The van der Waals surface area contributed by atoms with E-state index in [-0.39, 0.29) is 0 Å². The lowest BCUT2D eigenvalue weighted by Gasteiger charge is -2.05. The van der Waals surface area contributed by atoms with Crippen LogP contribution in [0.15, 0.2) is 24.4 Å². The summed E-state index contributed by atoms with van der Waals surface area (Å²) in [6, 6.07) is 5.89. The molecule has 84 valence electrons. The summed E-state index contributed by atoms with van der Waals surface area (Å²) < 4.78 is 1.84. The fourth-order valence-electron chi connectivity index (χ4n) is 1.67. The second-order valence-corrected chi connectivity index (χ2v) is 4.19. The van der Waals surface area contributed by atoms with Crippen LogP contribution in [0.3, 0.4) is 0 Å². The van der Waals surface area contributed by atoms with Gasteiger partial charge in [0.15, 0.2) is 0 Å². The Morgan fingerprint density at radius 3 is 2.62 bits per heavy atom. The Morgan fingerprint density at radius 1 is 1.38 bits per heavy atom. The molecule has 1 heterocycles. The quantitative estimate of drug-likeness (QED) is 0.869. The third-order valence-corrected chi connectivity index (χ3v) is 3.11. The molecule has 1 aromatic carbocycles. The van der Waals surface area contributed by atoms with Gasteiger partial charge in [0.05, 0.1) is 6.20 Å². The maximum Gasteiger partial charge on any atom is 0.0571 e. The number of nitrogens with two attached hydrogens (primary N) is 1. The minimum atomic E-state index is 0.506. The Hall–Kier alpha value is -1.32. The van der Waals surface area contributed by atoms with Gasteiger partial charge >= 0.3 is 0 Å². The lowest BCUT2D eigenvalue weighted by molar-refractivity contribution is 0.740. The molecule has 0 fully saturated rings. The molecular formula is C12H14ClN3. The number of halogens is 1. The highest BCUT2D eigenvalue weighted by atomic mass is 35.5. The lowest BCUT2D eigenvalue weighted by Crippen LogP contribution is -1.96. The summed E-state index contributed by atoms with van der Waals surface area (Å²) in [5.74, 6) is 0. The van der Waals surface area contributed by atoms with E-state index in [9.17, 15) is 0 Å². The van der Waals surface area contributed by atoms with Crippen molar-refractivity contribution in [3.05, 3.63) is 40.7 Å². The second-order valence-electron chi connectivity index (χ2n) is 3.79. The Morgan fingerprint density at radius 2 is 2.12 bits per heavy atom. The summed E-state index contributed by atoms with van der Waals surface area (Å²) in [5, 5.41) is 4.93. The van der Waals surface area contributed by atoms with Crippen molar-refractivity contribution in [3.8, 4) is 11.1 Å². The molecule has 0 saturated carbocycles. The SMILES string of the molecule is Cc1c(-c2ccc(CN)cc2Cl)cnn1C. The number of nitrogens with zero attached hydrogens (tertiary/aromatic N) is 2. The van der Waals surface area contributed by atoms with Gasteiger partial charge in [-0.1, -0.05) is 23.7 Å². The van der Waals surface area contributed by atoms with Crippen molar-refractivity contribution in [3.63, 3.8) is 0 Å². The zero-order valence-corrected chi connectivity index (χ0v) is 10.1. The lowest BCUT2D eigenvalue weighted by atomic mass is 10.0.